The molecular weight excluding hydrogens is 576 g/mol. The summed E-state index contributed by atoms with van der Waals surface area (Å²) < 4.78 is 13.5. The fourth-order valence-electron chi connectivity index (χ4n) is 3.88. The molecule has 9 nitrogen and oxygen atoms in total. The Kier molecular flexibility index (Phi) is 7.00. The van der Waals surface area contributed by atoms with E-state index >= 15 is 0 Å². The monoisotopic (exact) mass is 594 g/mol. The van der Waals surface area contributed by atoms with Gasteiger partial charge in [-0.1, -0.05) is 46.6 Å². The normalized spacial score (nSPS) is 12.4. The van der Waals surface area contributed by atoms with Crippen LogP contribution in [0.15, 0.2) is 79.4 Å². The molecule has 0 fully saturated rings. The molecule has 0 aliphatic carbocycles. The summed E-state index contributed by atoms with van der Waals surface area (Å²) in [4.78, 5) is 29.5. The SMILES string of the molecule is CC[C@@H](C)Oc1c(C=Nn2c(-c3cc4cc(Cl)ccc4o3)nc3ccccc3c2=O)cc(Br)cc1[N+](=O)[O-]. The molecule has 1 atom stereocenters. The average Bonchev–Trinajstić information content (AvgIpc) is 3.32. The van der Waals surface area contributed by atoms with Gasteiger partial charge in [-0.3, -0.25) is 14.9 Å². The molecule has 11 heteroatoms. The Balaban J connectivity index is 1.73. The van der Waals surface area contributed by atoms with Crippen molar-refractivity contribution in [2.45, 2.75) is 26.4 Å². The first kappa shape index (κ1) is 25.6. The second-order valence-electron chi connectivity index (χ2n) is 8.54. The van der Waals surface area contributed by atoms with Gasteiger partial charge in [0.05, 0.1) is 28.1 Å². The molecule has 0 saturated carbocycles. The Morgan fingerprint density at radius 2 is 2.03 bits per heavy atom. The third kappa shape index (κ3) is 4.92. The molecule has 0 saturated heterocycles. The molecule has 0 N–H and O–H groups in total. The molecule has 38 heavy (non-hydrogen) atoms. The minimum Gasteiger partial charge on any atom is -0.483 e. The van der Waals surface area contributed by atoms with Crippen molar-refractivity contribution in [1.29, 1.82) is 0 Å². The van der Waals surface area contributed by atoms with Gasteiger partial charge in [0.15, 0.2) is 5.76 Å². The van der Waals surface area contributed by atoms with Crippen LogP contribution in [-0.4, -0.2) is 26.9 Å². The number of benzene rings is 3. The predicted octanol–water partition coefficient (Wildman–Crippen LogP) is 7.19. The highest BCUT2D eigenvalue weighted by molar-refractivity contribution is 9.10. The number of nitro benzene ring substituents is 1. The molecule has 0 aliphatic rings. The fourth-order valence-corrected chi connectivity index (χ4v) is 4.52. The Morgan fingerprint density at radius 3 is 2.79 bits per heavy atom. The number of ether oxygens (including phenoxy) is 1. The maximum atomic E-state index is 13.6. The smallest absolute Gasteiger partial charge is 0.312 e. The summed E-state index contributed by atoms with van der Waals surface area (Å²) in [5, 5.41) is 17.8. The minimum absolute atomic E-state index is 0.0537. The summed E-state index contributed by atoms with van der Waals surface area (Å²) in [6.07, 6.45) is 1.69. The van der Waals surface area contributed by atoms with Crippen molar-refractivity contribution in [3.63, 3.8) is 0 Å². The lowest BCUT2D eigenvalue weighted by Crippen LogP contribution is -2.20. The molecule has 0 unspecified atom stereocenters. The zero-order chi connectivity index (χ0) is 27.0. The van der Waals surface area contributed by atoms with Crippen molar-refractivity contribution in [2.24, 2.45) is 5.10 Å². The van der Waals surface area contributed by atoms with Gasteiger partial charge in [0.1, 0.15) is 5.58 Å². The lowest BCUT2D eigenvalue weighted by atomic mass is 10.2. The topological polar surface area (TPSA) is 113 Å². The van der Waals surface area contributed by atoms with Gasteiger partial charge in [0.25, 0.3) is 5.56 Å². The Bertz CT molecular complexity index is 1800. The zero-order valence-corrected chi connectivity index (χ0v) is 22.6. The van der Waals surface area contributed by atoms with Gasteiger partial charge in [0, 0.05) is 26.5 Å². The first-order valence-electron chi connectivity index (χ1n) is 11.7. The average molecular weight is 596 g/mol. The molecular formula is C27H20BrClN4O5. The molecule has 0 radical (unpaired) electrons. The number of halogens is 2. The van der Waals surface area contributed by atoms with Crippen molar-refractivity contribution in [2.75, 3.05) is 0 Å². The summed E-state index contributed by atoms with van der Waals surface area (Å²) in [5.74, 6) is 0.516. The van der Waals surface area contributed by atoms with Gasteiger partial charge >= 0.3 is 5.69 Å². The fraction of sp³-hybridized carbons (Fsp3) is 0.148. The summed E-state index contributed by atoms with van der Waals surface area (Å²) in [5.41, 5.74) is 0.688. The van der Waals surface area contributed by atoms with E-state index in [1.807, 2.05) is 13.8 Å². The van der Waals surface area contributed by atoms with Gasteiger partial charge in [-0.2, -0.15) is 9.78 Å². The molecule has 192 valence electrons. The highest BCUT2D eigenvalue weighted by atomic mass is 79.9. The van der Waals surface area contributed by atoms with Crippen LogP contribution in [0.5, 0.6) is 5.75 Å². The number of nitro groups is 1. The molecule has 5 aromatic rings. The Morgan fingerprint density at radius 1 is 1.24 bits per heavy atom. The summed E-state index contributed by atoms with van der Waals surface area (Å²) >= 11 is 9.46. The number of aromatic nitrogens is 2. The van der Waals surface area contributed by atoms with Gasteiger partial charge < -0.3 is 9.15 Å². The second-order valence-corrected chi connectivity index (χ2v) is 9.90. The van der Waals surface area contributed by atoms with Crippen molar-refractivity contribution in [1.82, 2.24) is 9.66 Å². The lowest BCUT2D eigenvalue weighted by Gasteiger charge is -2.15. The van der Waals surface area contributed by atoms with Crippen LogP contribution in [0.4, 0.5) is 5.69 Å². The molecule has 0 bridgehead atoms. The van der Waals surface area contributed by atoms with Crippen LogP contribution in [0.2, 0.25) is 5.02 Å². The molecule has 0 spiro atoms. The third-order valence-corrected chi connectivity index (χ3v) is 6.61. The first-order chi connectivity index (χ1) is 18.2. The number of fused-ring (bicyclic) bond motifs is 2. The number of rotatable bonds is 7. The minimum atomic E-state index is -0.519. The maximum Gasteiger partial charge on any atom is 0.312 e. The molecule has 0 aliphatic heterocycles. The van der Waals surface area contributed by atoms with Gasteiger partial charge in [-0.05, 0) is 55.8 Å². The Labute approximate surface area is 229 Å². The lowest BCUT2D eigenvalue weighted by molar-refractivity contribution is -0.386. The third-order valence-electron chi connectivity index (χ3n) is 5.92. The standard InChI is InChI=1S/C27H20BrClN4O5/c1-3-15(2)37-25-17(10-18(28)13-22(25)33(35)36)14-30-32-26(31-21-7-5-4-6-20(21)27(32)34)24-12-16-11-19(29)8-9-23(16)38-24/h4-15H,3H2,1-2H3/t15-/m1/s1. The summed E-state index contributed by atoms with van der Waals surface area (Å²) in [6.45, 7) is 3.73. The van der Waals surface area contributed by atoms with Crippen LogP contribution in [0.25, 0.3) is 33.5 Å². The second kappa shape index (κ2) is 10.4. The van der Waals surface area contributed by atoms with Gasteiger partial charge in [-0.15, -0.1) is 0 Å². The largest absolute Gasteiger partial charge is 0.483 e. The van der Waals surface area contributed by atoms with Crippen LogP contribution < -0.4 is 10.3 Å². The summed E-state index contributed by atoms with van der Waals surface area (Å²) in [6, 6.07) is 16.8. The van der Waals surface area contributed by atoms with Crippen LogP contribution in [-0.2, 0) is 0 Å². The number of hydrogen-bond donors (Lipinski definition) is 0. The van der Waals surface area contributed by atoms with Crippen molar-refractivity contribution < 1.29 is 14.1 Å². The quantitative estimate of drug-likeness (QED) is 0.112. The van der Waals surface area contributed by atoms with Gasteiger partial charge in [-0.25, -0.2) is 4.98 Å². The van der Waals surface area contributed by atoms with E-state index in [1.165, 1.54) is 12.3 Å². The molecule has 2 aromatic heterocycles. The van der Waals surface area contributed by atoms with Crippen molar-refractivity contribution in [3.05, 3.63) is 96.2 Å². The van der Waals surface area contributed by atoms with E-state index in [0.717, 1.165) is 10.1 Å². The molecule has 0 amide bonds. The van der Waals surface area contributed by atoms with Crippen LogP contribution >= 0.6 is 27.5 Å². The number of nitrogens with zero attached hydrogens (tertiary/aromatic N) is 4. The highest BCUT2D eigenvalue weighted by Gasteiger charge is 2.23. The van der Waals surface area contributed by atoms with E-state index in [0.29, 0.717) is 43.7 Å². The van der Waals surface area contributed by atoms with Crippen molar-refractivity contribution >= 4 is 61.3 Å². The number of furan rings is 1. The number of hydrogen-bond acceptors (Lipinski definition) is 7. The van der Waals surface area contributed by atoms with E-state index in [-0.39, 0.29) is 23.4 Å². The predicted molar refractivity (Wildman–Crippen MR) is 150 cm³/mol. The first-order valence-corrected chi connectivity index (χ1v) is 12.8. The molecule has 2 heterocycles. The van der Waals surface area contributed by atoms with E-state index in [1.54, 1.807) is 54.6 Å². The summed E-state index contributed by atoms with van der Waals surface area (Å²) in [7, 11) is 0. The highest BCUT2D eigenvalue weighted by Crippen LogP contribution is 2.35. The molecule has 5 rings (SSSR count). The van der Waals surface area contributed by atoms with E-state index in [2.05, 4.69) is 26.0 Å². The Hall–Kier alpha value is -4.02. The van der Waals surface area contributed by atoms with E-state index in [9.17, 15) is 14.9 Å². The van der Waals surface area contributed by atoms with Crippen molar-refractivity contribution in [3.8, 4) is 17.3 Å². The molecule has 3 aromatic carbocycles. The van der Waals surface area contributed by atoms with Crippen LogP contribution in [0, 0.1) is 10.1 Å². The van der Waals surface area contributed by atoms with Crippen LogP contribution in [0.1, 0.15) is 25.8 Å². The zero-order valence-electron chi connectivity index (χ0n) is 20.2. The van der Waals surface area contributed by atoms with E-state index < -0.39 is 10.5 Å². The van der Waals surface area contributed by atoms with Gasteiger partial charge in [0.2, 0.25) is 11.6 Å². The maximum absolute atomic E-state index is 13.6. The van der Waals surface area contributed by atoms with Crippen LogP contribution in [0.3, 0.4) is 0 Å². The van der Waals surface area contributed by atoms with E-state index in [4.69, 9.17) is 20.8 Å². The number of para-hydroxylation sites is 1.